The Morgan fingerprint density at radius 2 is 1.62 bits per heavy atom. The number of sulfonamides is 1. The van der Waals surface area contributed by atoms with Crippen LogP contribution in [0.4, 0.5) is 5.69 Å². The molecule has 0 radical (unpaired) electrons. The fourth-order valence-electron chi connectivity index (χ4n) is 5.14. The Morgan fingerprint density at radius 3 is 2.32 bits per heavy atom. The molecule has 0 spiro atoms. The van der Waals surface area contributed by atoms with Gasteiger partial charge in [0.05, 0.1) is 4.90 Å². The number of hydrogen-bond acceptors (Lipinski definition) is 4. The van der Waals surface area contributed by atoms with Crippen LogP contribution in [-0.2, 0) is 32.5 Å². The fourth-order valence-corrected chi connectivity index (χ4v) is 6.37. The van der Waals surface area contributed by atoms with Gasteiger partial charge < -0.3 is 10.2 Å². The van der Waals surface area contributed by atoms with Crippen molar-refractivity contribution >= 4 is 27.5 Å². The quantitative estimate of drug-likeness (QED) is 0.494. The highest BCUT2D eigenvalue weighted by atomic mass is 32.2. The van der Waals surface area contributed by atoms with Crippen LogP contribution >= 0.6 is 0 Å². The minimum atomic E-state index is -4.00. The predicted molar refractivity (Wildman–Crippen MR) is 142 cm³/mol. The van der Waals surface area contributed by atoms with Crippen molar-refractivity contribution in [1.29, 1.82) is 0 Å². The van der Waals surface area contributed by atoms with Crippen molar-refractivity contribution in [1.82, 2.24) is 9.62 Å². The Kier molecular flexibility index (Phi) is 7.39. The Labute approximate surface area is 217 Å². The van der Waals surface area contributed by atoms with Crippen molar-refractivity contribution in [3.05, 3.63) is 95.6 Å². The third kappa shape index (κ3) is 5.92. The molecule has 2 aliphatic rings. The third-order valence-corrected chi connectivity index (χ3v) is 8.65. The van der Waals surface area contributed by atoms with E-state index in [0.29, 0.717) is 43.1 Å². The van der Waals surface area contributed by atoms with Crippen LogP contribution in [0, 0.1) is 5.92 Å². The predicted octanol–water partition coefficient (Wildman–Crippen LogP) is 4.07. The molecular formula is C29H31N3O4S. The molecule has 3 aromatic carbocycles. The van der Waals surface area contributed by atoms with Crippen LogP contribution < -0.4 is 10.0 Å². The molecule has 2 aliphatic heterocycles. The Bertz CT molecular complexity index is 1370. The molecule has 0 saturated carbocycles. The molecule has 8 heteroatoms. The SMILES string of the molecule is O=C1CCc2cc(S(=O)(=O)NC(C(=O)N3CCC(Cc4ccccc4)CC3)c3ccccc3)ccc2N1. The summed E-state index contributed by atoms with van der Waals surface area (Å²) in [5.41, 5.74) is 3.30. The number of rotatable bonds is 7. The van der Waals surface area contributed by atoms with Crippen LogP contribution in [0.5, 0.6) is 0 Å². The van der Waals surface area contributed by atoms with E-state index in [9.17, 15) is 18.0 Å². The number of nitrogens with one attached hydrogen (secondary N) is 2. The zero-order chi connectivity index (χ0) is 25.8. The molecule has 192 valence electrons. The summed E-state index contributed by atoms with van der Waals surface area (Å²) < 4.78 is 29.6. The summed E-state index contributed by atoms with van der Waals surface area (Å²) in [5, 5.41) is 2.77. The van der Waals surface area contributed by atoms with Crippen molar-refractivity contribution < 1.29 is 18.0 Å². The first kappa shape index (κ1) is 25.2. The van der Waals surface area contributed by atoms with Crippen LogP contribution in [0.25, 0.3) is 0 Å². The minimum absolute atomic E-state index is 0.0801. The normalized spacial score (nSPS) is 17.1. The minimum Gasteiger partial charge on any atom is -0.341 e. The number of amides is 2. The molecule has 3 aromatic rings. The van der Waals surface area contributed by atoms with Crippen molar-refractivity contribution in [3.63, 3.8) is 0 Å². The summed E-state index contributed by atoms with van der Waals surface area (Å²) in [6.07, 6.45) is 3.53. The van der Waals surface area contributed by atoms with Crippen molar-refractivity contribution in [2.45, 2.75) is 43.0 Å². The molecule has 0 bridgehead atoms. The maximum absolute atomic E-state index is 13.7. The van der Waals surface area contributed by atoms with E-state index in [1.54, 1.807) is 41.3 Å². The number of benzene rings is 3. The largest absolute Gasteiger partial charge is 0.341 e. The Hall–Kier alpha value is -3.49. The summed E-state index contributed by atoms with van der Waals surface area (Å²) in [5.74, 6) is 0.177. The smallest absolute Gasteiger partial charge is 0.245 e. The van der Waals surface area contributed by atoms with Crippen LogP contribution in [0.2, 0.25) is 0 Å². The monoisotopic (exact) mass is 517 g/mol. The van der Waals surface area contributed by atoms with E-state index in [-0.39, 0.29) is 16.7 Å². The van der Waals surface area contributed by atoms with Gasteiger partial charge in [-0.05, 0) is 66.5 Å². The summed E-state index contributed by atoms with van der Waals surface area (Å²) in [6, 6.07) is 23.0. The van der Waals surface area contributed by atoms with Gasteiger partial charge in [-0.3, -0.25) is 9.59 Å². The molecule has 1 atom stereocenters. The maximum Gasteiger partial charge on any atom is 0.245 e. The van der Waals surface area contributed by atoms with E-state index < -0.39 is 16.1 Å². The summed E-state index contributed by atoms with van der Waals surface area (Å²) in [7, 11) is -4.00. The lowest BCUT2D eigenvalue weighted by molar-refractivity contribution is -0.134. The molecule has 7 nitrogen and oxygen atoms in total. The number of fused-ring (bicyclic) bond motifs is 1. The number of likely N-dealkylation sites (tertiary alicyclic amines) is 1. The first-order valence-corrected chi connectivity index (χ1v) is 14.2. The second-order valence-corrected chi connectivity index (χ2v) is 11.5. The lowest BCUT2D eigenvalue weighted by Gasteiger charge is -2.34. The number of piperidine rings is 1. The number of nitrogens with zero attached hydrogens (tertiary/aromatic N) is 1. The fraction of sp³-hybridized carbons (Fsp3) is 0.310. The van der Waals surface area contributed by atoms with Gasteiger partial charge in [-0.2, -0.15) is 4.72 Å². The average Bonchev–Trinajstić information content (AvgIpc) is 2.92. The molecular weight excluding hydrogens is 486 g/mol. The lowest BCUT2D eigenvalue weighted by atomic mass is 9.90. The molecule has 0 aromatic heterocycles. The van der Waals surface area contributed by atoms with E-state index in [1.165, 1.54) is 11.6 Å². The topological polar surface area (TPSA) is 95.6 Å². The maximum atomic E-state index is 13.7. The van der Waals surface area contributed by atoms with Gasteiger partial charge in [0.15, 0.2) is 0 Å². The van der Waals surface area contributed by atoms with E-state index in [4.69, 9.17) is 0 Å². The number of anilines is 1. The van der Waals surface area contributed by atoms with Gasteiger partial charge in [-0.15, -0.1) is 0 Å². The number of aryl methyl sites for hydroxylation is 1. The molecule has 1 saturated heterocycles. The van der Waals surface area contributed by atoms with Crippen molar-refractivity contribution in [3.8, 4) is 0 Å². The highest BCUT2D eigenvalue weighted by Gasteiger charge is 2.33. The molecule has 5 rings (SSSR count). The molecule has 2 N–H and O–H groups in total. The van der Waals surface area contributed by atoms with Crippen molar-refractivity contribution in [2.75, 3.05) is 18.4 Å². The average molecular weight is 518 g/mol. The number of carbonyl (C=O) groups excluding carboxylic acids is 2. The first-order chi connectivity index (χ1) is 17.9. The third-order valence-electron chi connectivity index (χ3n) is 7.23. The zero-order valence-electron chi connectivity index (χ0n) is 20.6. The summed E-state index contributed by atoms with van der Waals surface area (Å²) >= 11 is 0. The van der Waals surface area contributed by atoms with Gasteiger partial charge in [0.1, 0.15) is 6.04 Å². The summed E-state index contributed by atoms with van der Waals surface area (Å²) in [6.45, 7) is 1.19. The second-order valence-electron chi connectivity index (χ2n) is 9.79. The highest BCUT2D eigenvalue weighted by Crippen LogP contribution is 2.28. The highest BCUT2D eigenvalue weighted by molar-refractivity contribution is 7.89. The number of carbonyl (C=O) groups is 2. The molecule has 2 amide bonds. The molecule has 1 unspecified atom stereocenters. The van der Waals surface area contributed by atoms with E-state index in [0.717, 1.165) is 24.8 Å². The standard InChI is InChI=1S/C29H31N3O4S/c33-27-14-11-24-20-25(12-13-26(24)30-27)37(35,36)31-28(23-9-5-2-6-10-23)29(34)32-17-15-22(16-18-32)19-21-7-3-1-4-8-21/h1-10,12-13,20,22,28,31H,11,14-19H2,(H,30,33). The van der Waals surface area contributed by atoms with Gasteiger partial charge >= 0.3 is 0 Å². The van der Waals surface area contributed by atoms with Crippen LogP contribution in [0.3, 0.4) is 0 Å². The lowest BCUT2D eigenvalue weighted by Crippen LogP contribution is -2.46. The van der Waals surface area contributed by atoms with Crippen LogP contribution in [0.15, 0.2) is 83.8 Å². The summed E-state index contributed by atoms with van der Waals surface area (Å²) in [4.78, 5) is 27.2. The van der Waals surface area contributed by atoms with Gasteiger partial charge in [0.2, 0.25) is 21.8 Å². The number of hydrogen-bond donors (Lipinski definition) is 2. The van der Waals surface area contributed by atoms with Crippen LogP contribution in [-0.4, -0.2) is 38.2 Å². The van der Waals surface area contributed by atoms with Gasteiger partial charge in [0.25, 0.3) is 0 Å². The molecule has 2 heterocycles. The zero-order valence-corrected chi connectivity index (χ0v) is 21.4. The van der Waals surface area contributed by atoms with Gasteiger partial charge in [-0.1, -0.05) is 60.7 Å². The Morgan fingerprint density at radius 1 is 0.946 bits per heavy atom. The Balaban J connectivity index is 1.32. The van der Waals surface area contributed by atoms with Crippen molar-refractivity contribution in [2.24, 2.45) is 5.92 Å². The molecule has 0 aliphatic carbocycles. The first-order valence-electron chi connectivity index (χ1n) is 12.7. The van der Waals surface area contributed by atoms with Gasteiger partial charge in [-0.25, -0.2) is 8.42 Å². The van der Waals surface area contributed by atoms with E-state index in [1.807, 2.05) is 24.3 Å². The van der Waals surface area contributed by atoms with E-state index >= 15 is 0 Å². The van der Waals surface area contributed by atoms with Crippen LogP contribution in [0.1, 0.15) is 42.0 Å². The van der Waals surface area contributed by atoms with E-state index in [2.05, 4.69) is 22.2 Å². The molecule has 37 heavy (non-hydrogen) atoms. The van der Waals surface area contributed by atoms with Gasteiger partial charge in [0, 0.05) is 25.2 Å². The second kappa shape index (κ2) is 10.9. The molecule has 1 fully saturated rings.